The fraction of sp³-hybridized carbons (Fsp3) is 0.391. The van der Waals surface area contributed by atoms with Crippen LogP contribution in [0.5, 0.6) is 5.75 Å². The number of anilines is 1. The number of benzene rings is 2. The highest BCUT2D eigenvalue weighted by molar-refractivity contribution is 8.16. The Morgan fingerprint density at radius 3 is 2.58 bits per heavy atom. The van der Waals surface area contributed by atoms with E-state index in [1.165, 1.54) is 11.8 Å². The molecule has 0 aliphatic carbocycles. The number of carbonyl (C=O) groups is 1. The predicted octanol–water partition coefficient (Wildman–Crippen LogP) is 4.06. The predicted molar refractivity (Wildman–Crippen MR) is 125 cm³/mol. The Kier molecular flexibility index (Phi) is 6.67. The third kappa shape index (κ3) is 5.30. The number of nitrogens with zero attached hydrogens (tertiary/aromatic N) is 2. The van der Waals surface area contributed by atoms with Gasteiger partial charge >= 0.3 is 0 Å². The number of thioether (sulfide) groups is 1. The van der Waals surface area contributed by atoms with Gasteiger partial charge in [0.05, 0.1) is 17.5 Å². The van der Waals surface area contributed by atoms with Crippen molar-refractivity contribution in [3.63, 3.8) is 0 Å². The Bertz CT molecular complexity index is 1050. The van der Waals surface area contributed by atoms with E-state index in [-0.39, 0.29) is 28.7 Å². The van der Waals surface area contributed by atoms with Crippen molar-refractivity contribution in [2.75, 3.05) is 16.4 Å². The van der Waals surface area contributed by atoms with E-state index in [9.17, 15) is 13.2 Å². The maximum Gasteiger partial charge on any atom is 0.248 e. The summed E-state index contributed by atoms with van der Waals surface area (Å²) in [5.74, 6) is 0.783. The molecule has 2 heterocycles. The molecule has 6 nitrogen and oxygen atoms in total. The smallest absolute Gasteiger partial charge is 0.248 e. The molecule has 2 aliphatic rings. The minimum Gasteiger partial charge on any atom is -0.489 e. The molecule has 0 unspecified atom stereocenters. The number of carbonyl (C=O) groups excluding carboxylic acids is 1. The first-order valence-corrected chi connectivity index (χ1v) is 13.2. The fourth-order valence-corrected chi connectivity index (χ4v) is 7.73. The summed E-state index contributed by atoms with van der Waals surface area (Å²) in [6, 6.07) is 17.3. The maximum atomic E-state index is 12.3. The van der Waals surface area contributed by atoms with Crippen molar-refractivity contribution in [1.82, 2.24) is 0 Å². The number of aliphatic imine (C=N–C) groups is 1. The first-order valence-electron chi connectivity index (χ1n) is 10.5. The van der Waals surface area contributed by atoms with Crippen LogP contribution in [0.2, 0.25) is 0 Å². The average molecular weight is 459 g/mol. The summed E-state index contributed by atoms with van der Waals surface area (Å²) in [6.07, 6.45) is 2.14. The molecule has 0 N–H and O–H groups in total. The zero-order valence-corrected chi connectivity index (χ0v) is 19.1. The van der Waals surface area contributed by atoms with E-state index >= 15 is 0 Å². The van der Waals surface area contributed by atoms with Crippen molar-refractivity contribution in [3.05, 3.63) is 60.2 Å². The van der Waals surface area contributed by atoms with E-state index in [1.807, 2.05) is 66.4 Å². The molecule has 0 spiro atoms. The highest BCUT2D eigenvalue weighted by Crippen LogP contribution is 2.41. The van der Waals surface area contributed by atoms with Gasteiger partial charge in [0.25, 0.3) is 0 Å². The molecule has 0 aromatic heterocycles. The highest BCUT2D eigenvalue weighted by atomic mass is 32.2. The monoisotopic (exact) mass is 458 g/mol. The van der Waals surface area contributed by atoms with Crippen molar-refractivity contribution in [2.45, 2.75) is 44.1 Å². The molecule has 0 saturated carbocycles. The number of unbranched alkanes of at least 4 members (excludes halogenated alkanes) is 1. The SMILES string of the molecule is CCCCC(=O)N=C1S[C@@H]2CS(=O)(=O)C[C@@H]2N1c1ccc(OCc2ccccc2)cc1. The van der Waals surface area contributed by atoms with Crippen LogP contribution in [0.1, 0.15) is 31.7 Å². The lowest BCUT2D eigenvalue weighted by atomic mass is 10.2. The topological polar surface area (TPSA) is 76.0 Å². The van der Waals surface area contributed by atoms with Gasteiger partial charge in [0, 0.05) is 17.4 Å². The summed E-state index contributed by atoms with van der Waals surface area (Å²) in [4.78, 5) is 18.6. The first-order chi connectivity index (χ1) is 14.9. The summed E-state index contributed by atoms with van der Waals surface area (Å²) in [7, 11) is -3.09. The number of fused-ring (bicyclic) bond motifs is 1. The zero-order valence-electron chi connectivity index (χ0n) is 17.4. The van der Waals surface area contributed by atoms with Crippen molar-refractivity contribution in [3.8, 4) is 5.75 Å². The Hall–Kier alpha value is -2.32. The summed E-state index contributed by atoms with van der Waals surface area (Å²) in [5.41, 5.74) is 1.91. The number of sulfone groups is 1. The van der Waals surface area contributed by atoms with Crippen LogP contribution in [0, 0.1) is 0 Å². The van der Waals surface area contributed by atoms with Crippen LogP contribution >= 0.6 is 11.8 Å². The van der Waals surface area contributed by atoms with Gasteiger partial charge in [-0.15, -0.1) is 0 Å². The zero-order chi connectivity index (χ0) is 21.8. The van der Waals surface area contributed by atoms with E-state index < -0.39 is 9.84 Å². The van der Waals surface area contributed by atoms with Gasteiger partial charge in [-0.3, -0.25) is 4.79 Å². The molecule has 2 aromatic carbocycles. The second-order valence-corrected chi connectivity index (χ2v) is 11.2. The van der Waals surface area contributed by atoms with Gasteiger partial charge in [-0.25, -0.2) is 8.42 Å². The van der Waals surface area contributed by atoms with Gasteiger partial charge in [-0.2, -0.15) is 4.99 Å². The molecule has 4 rings (SSSR count). The highest BCUT2D eigenvalue weighted by Gasteiger charge is 2.49. The van der Waals surface area contributed by atoms with Crippen molar-refractivity contribution in [2.24, 2.45) is 4.99 Å². The minimum atomic E-state index is -3.09. The van der Waals surface area contributed by atoms with Crippen molar-refractivity contribution >= 4 is 38.4 Å². The van der Waals surface area contributed by atoms with Crippen molar-refractivity contribution in [1.29, 1.82) is 0 Å². The van der Waals surface area contributed by atoms with Crippen LogP contribution in [-0.2, 0) is 21.2 Å². The fourth-order valence-electron chi connectivity index (χ4n) is 3.80. The largest absolute Gasteiger partial charge is 0.489 e. The van der Waals surface area contributed by atoms with Crippen LogP contribution in [0.3, 0.4) is 0 Å². The number of amides is 1. The molecule has 8 heteroatoms. The van der Waals surface area contributed by atoms with E-state index in [2.05, 4.69) is 4.99 Å². The second kappa shape index (κ2) is 9.44. The molecule has 1 amide bonds. The molecule has 0 radical (unpaired) electrons. The first kappa shape index (κ1) is 21.9. The summed E-state index contributed by atoms with van der Waals surface area (Å²) < 4.78 is 30.3. The van der Waals surface area contributed by atoms with Crippen LogP contribution in [-0.4, -0.2) is 42.3 Å². The van der Waals surface area contributed by atoms with E-state index in [0.717, 1.165) is 29.8 Å². The van der Waals surface area contributed by atoms with Crippen LogP contribution in [0.4, 0.5) is 5.69 Å². The second-order valence-electron chi connectivity index (χ2n) is 7.83. The van der Waals surface area contributed by atoms with Crippen LogP contribution in [0.25, 0.3) is 0 Å². The molecule has 164 valence electrons. The average Bonchev–Trinajstić information content (AvgIpc) is 3.22. The number of hydrogen-bond acceptors (Lipinski definition) is 5. The molecular weight excluding hydrogens is 432 g/mol. The lowest BCUT2D eigenvalue weighted by Gasteiger charge is -2.24. The Morgan fingerprint density at radius 1 is 1.13 bits per heavy atom. The molecule has 2 aromatic rings. The number of ether oxygens (including phenoxy) is 1. The molecule has 31 heavy (non-hydrogen) atoms. The molecule has 2 saturated heterocycles. The van der Waals surface area contributed by atoms with Gasteiger partial charge in [0.15, 0.2) is 15.0 Å². The Balaban J connectivity index is 1.53. The van der Waals surface area contributed by atoms with Gasteiger partial charge in [0.2, 0.25) is 5.91 Å². The maximum absolute atomic E-state index is 12.3. The molecular formula is C23H26N2O4S2. The Labute approximate surface area is 187 Å². The number of hydrogen-bond donors (Lipinski definition) is 0. The van der Waals surface area contributed by atoms with Gasteiger partial charge in [0.1, 0.15) is 12.4 Å². The minimum absolute atomic E-state index is 0.0824. The summed E-state index contributed by atoms with van der Waals surface area (Å²) >= 11 is 1.40. The van der Waals surface area contributed by atoms with E-state index in [1.54, 1.807) is 0 Å². The quantitative estimate of drug-likeness (QED) is 0.623. The van der Waals surface area contributed by atoms with E-state index in [0.29, 0.717) is 18.2 Å². The molecule has 2 aliphatic heterocycles. The van der Waals surface area contributed by atoms with E-state index in [4.69, 9.17) is 4.74 Å². The van der Waals surface area contributed by atoms with Gasteiger partial charge in [-0.1, -0.05) is 55.4 Å². The third-order valence-corrected chi connectivity index (χ3v) is 8.60. The normalized spacial score (nSPS) is 23.1. The van der Waals surface area contributed by atoms with Crippen LogP contribution < -0.4 is 9.64 Å². The van der Waals surface area contributed by atoms with Gasteiger partial charge in [-0.05, 0) is 36.2 Å². The Morgan fingerprint density at radius 2 is 1.87 bits per heavy atom. The summed E-state index contributed by atoms with van der Waals surface area (Å²) in [6.45, 7) is 2.51. The molecule has 2 atom stereocenters. The summed E-state index contributed by atoms with van der Waals surface area (Å²) in [5, 5.41) is 0.501. The molecule has 0 bridgehead atoms. The van der Waals surface area contributed by atoms with Gasteiger partial charge < -0.3 is 9.64 Å². The number of rotatable bonds is 7. The lowest BCUT2D eigenvalue weighted by Crippen LogP contribution is -2.37. The third-order valence-electron chi connectivity index (χ3n) is 5.39. The van der Waals surface area contributed by atoms with Crippen LogP contribution in [0.15, 0.2) is 59.6 Å². The molecule has 2 fully saturated rings. The number of amidine groups is 1. The lowest BCUT2D eigenvalue weighted by molar-refractivity contribution is -0.117. The standard InChI is InChI=1S/C23H26N2O4S2/c1-2-3-9-22(26)24-23-25(20-15-31(27,28)16-21(20)30-23)18-10-12-19(13-11-18)29-14-17-7-5-4-6-8-17/h4-8,10-13,20-21H,2-3,9,14-16H2,1H3/t20-,21+/m0/s1. The van der Waals surface area contributed by atoms with Crippen molar-refractivity contribution < 1.29 is 17.9 Å².